The van der Waals surface area contributed by atoms with E-state index in [2.05, 4.69) is 0 Å². The van der Waals surface area contributed by atoms with Crippen molar-refractivity contribution >= 4 is 11.6 Å². The van der Waals surface area contributed by atoms with Gasteiger partial charge in [0, 0.05) is 24.0 Å². The van der Waals surface area contributed by atoms with Gasteiger partial charge in [-0.15, -0.1) is 0 Å². The highest BCUT2D eigenvalue weighted by Gasteiger charge is 2.36. The number of hydrogen-bond acceptors (Lipinski definition) is 3. The van der Waals surface area contributed by atoms with Crippen LogP contribution in [0.15, 0.2) is 12.1 Å². The molecule has 0 saturated heterocycles. The van der Waals surface area contributed by atoms with E-state index < -0.39 is 0 Å². The lowest BCUT2D eigenvalue weighted by atomic mass is 9.72. The molecule has 2 aromatic carbocycles. The maximum atomic E-state index is 12.6. The maximum absolute atomic E-state index is 12.6. The van der Waals surface area contributed by atoms with Gasteiger partial charge in [-0.3, -0.25) is 9.59 Å². The summed E-state index contributed by atoms with van der Waals surface area (Å²) in [4.78, 5) is 25.1. The number of ketones is 2. The fraction of sp³-hybridized carbons (Fsp3) is 0.263. The van der Waals surface area contributed by atoms with Crippen LogP contribution in [0.25, 0.3) is 11.1 Å². The zero-order valence-corrected chi connectivity index (χ0v) is 12.8. The van der Waals surface area contributed by atoms with Crippen LogP contribution in [0.2, 0.25) is 0 Å². The maximum Gasteiger partial charge on any atom is 0.171 e. The van der Waals surface area contributed by atoms with Crippen molar-refractivity contribution in [2.45, 2.75) is 33.6 Å². The molecule has 0 aliphatic heterocycles. The van der Waals surface area contributed by atoms with Gasteiger partial charge in [0.25, 0.3) is 0 Å². The fourth-order valence-corrected chi connectivity index (χ4v) is 3.80. The number of aryl methyl sites for hydroxylation is 2. The highest BCUT2D eigenvalue weighted by Crippen LogP contribution is 2.47. The van der Waals surface area contributed by atoms with Gasteiger partial charge < -0.3 is 5.11 Å². The Hall–Kier alpha value is -2.42. The van der Waals surface area contributed by atoms with Crippen LogP contribution >= 0.6 is 0 Å². The number of carbonyl (C=O) groups excluding carboxylic acids is 2. The Labute approximate surface area is 128 Å². The van der Waals surface area contributed by atoms with E-state index >= 15 is 0 Å². The molecule has 0 aromatic heterocycles. The van der Waals surface area contributed by atoms with Gasteiger partial charge in [0.05, 0.1) is 5.56 Å². The number of carbonyl (C=O) groups is 2. The van der Waals surface area contributed by atoms with E-state index in [-0.39, 0.29) is 23.7 Å². The molecule has 0 fully saturated rings. The number of aromatic hydroxyl groups is 1. The highest BCUT2D eigenvalue weighted by molar-refractivity contribution is 6.17. The average molecular weight is 292 g/mol. The van der Waals surface area contributed by atoms with E-state index in [9.17, 15) is 14.7 Å². The molecule has 0 spiro atoms. The van der Waals surface area contributed by atoms with Crippen LogP contribution in [-0.2, 0) is 12.8 Å². The molecule has 0 heterocycles. The lowest BCUT2D eigenvalue weighted by Crippen LogP contribution is -2.24. The smallest absolute Gasteiger partial charge is 0.171 e. The second-order valence-electron chi connectivity index (χ2n) is 6.37. The molecule has 0 bridgehead atoms. The number of phenols is 1. The Bertz CT molecular complexity index is 904. The summed E-state index contributed by atoms with van der Waals surface area (Å²) in [6.45, 7) is 5.74. The zero-order chi connectivity index (χ0) is 15.8. The fourth-order valence-electron chi connectivity index (χ4n) is 3.80. The van der Waals surface area contributed by atoms with Crippen molar-refractivity contribution in [2.75, 3.05) is 0 Å². The molecule has 2 aliphatic carbocycles. The van der Waals surface area contributed by atoms with Crippen LogP contribution in [0.4, 0.5) is 0 Å². The molecule has 1 N–H and O–H groups in total. The Morgan fingerprint density at radius 2 is 1.59 bits per heavy atom. The third kappa shape index (κ3) is 1.46. The molecule has 110 valence electrons. The predicted octanol–water partition coefficient (Wildman–Crippen LogP) is 3.46. The molecule has 0 saturated carbocycles. The zero-order valence-electron chi connectivity index (χ0n) is 12.8. The quantitative estimate of drug-likeness (QED) is 0.809. The average Bonchev–Trinajstić information content (AvgIpc) is 2.46. The first kappa shape index (κ1) is 13.3. The number of Topliss-reactive ketones (excluding diaryl/α,β-unsaturated/α-hetero) is 2. The van der Waals surface area contributed by atoms with Gasteiger partial charge in [0.15, 0.2) is 11.6 Å². The van der Waals surface area contributed by atoms with Gasteiger partial charge >= 0.3 is 0 Å². The molecule has 0 amide bonds. The van der Waals surface area contributed by atoms with Crippen LogP contribution in [0, 0.1) is 20.8 Å². The summed E-state index contributed by atoms with van der Waals surface area (Å²) < 4.78 is 0. The summed E-state index contributed by atoms with van der Waals surface area (Å²) in [6, 6.07) is 3.77. The van der Waals surface area contributed by atoms with Crippen LogP contribution in [0.3, 0.4) is 0 Å². The molecule has 3 nitrogen and oxygen atoms in total. The van der Waals surface area contributed by atoms with Crippen molar-refractivity contribution in [1.29, 1.82) is 0 Å². The Balaban J connectivity index is 2.24. The Morgan fingerprint density at radius 1 is 0.864 bits per heavy atom. The second-order valence-corrected chi connectivity index (χ2v) is 6.37. The summed E-state index contributed by atoms with van der Waals surface area (Å²) in [5, 5.41) is 10.4. The normalized spacial score (nSPS) is 15.0. The second kappa shape index (κ2) is 4.07. The molecule has 2 aromatic rings. The summed E-state index contributed by atoms with van der Waals surface area (Å²) in [7, 11) is 0. The Morgan fingerprint density at radius 3 is 2.32 bits per heavy atom. The van der Waals surface area contributed by atoms with Gasteiger partial charge in [0.2, 0.25) is 0 Å². The minimum absolute atomic E-state index is 0.0565. The van der Waals surface area contributed by atoms with E-state index in [1.165, 1.54) is 0 Å². The molecule has 22 heavy (non-hydrogen) atoms. The highest BCUT2D eigenvalue weighted by atomic mass is 16.3. The summed E-state index contributed by atoms with van der Waals surface area (Å²) >= 11 is 0. The van der Waals surface area contributed by atoms with E-state index in [0.29, 0.717) is 23.1 Å². The van der Waals surface area contributed by atoms with Gasteiger partial charge in [-0.25, -0.2) is 0 Å². The van der Waals surface area contributed by atoms with Crippen molar-refractivity contribution in [3.05, 3.63) is 51.1 Å². The van der Waals surface area contributed by atoms with E-state index in [0.717, 1.165) is 33.4 Å². The third-order valence-electron chi connectivity index (χ3n) is 5.07. The molecule has 0 unspecified atom stereocenters. The molecular weight excluding hydrogens is 276 g/mol. The lowest BCUT2D eigenvalue weighted by Gasteiger charge is -2.30. The predicted molar refractivity (Wildman–Crippen MR) is 83.8 cm³/mol. The SMILES string of the molecule is Cc1cc2c3c(c1C)CC(=O)c1c(O)c(C)cc(c1-3)CC2=O. The van der Waals surface area contributed by atoms with Gasteiger partial charge in [-0.1, -0.05) is 6.07 Å². The van der Waals surface area contributed by atoms with E-state index in [4.69, 9.17) is 0 Å². The van der Waals surface area contributed by atoms with Crippen molar-refractivity contribution < 1.29 is 14.7 Å². The third-order valence-corrected chi connectivity index (χ3v) is 5.07. The van der Waals surface area contributed by atoms with E-state index in [1.54, 1.807) is 6.92 Å². The van der Waals surface area contributed by atoms with Crippen molar-refractivity contribution in [3.63, 3.8) is 0 Å². The van der Waals surface area contributed by atoms with Crippen LogP contribution in [0.1, 0.15) is 48.5 Å². The number of hydrogen-bond donors (Lipinski definition) is 1. The molecular formula is C19H16O3. The van der Waals surface area contributed by atoms with Gasteiger partial charge in [-0.05, 0) is 60.2 Å². The number of benzene rings is 2. The standard InChI is InChI=1S/C19H16O3/c1-8-5-13-14(20)6-11-4-9(2)19(22)18-15(21)7-12(10(8)3)17(13)16(11)18/h4-5,22H,6-7H2,1-3H3. The number of rotatable bonds is 0. The van der Waals surface area contributed by atoms with Crippen molar-refractivity contribution in [2.24, 2.45) is 0 Å². The largest absolute Gasteiger partial charge is 0.507 e. The summed E-state index contributed by atoms with van der Waals surface area (Å²) in [5.41, 5.74) is 7.33. The molecule has 0 atom stereocenters. The van der Waals surface area contributed by atoms with Crippen molar-refractivity contribution in [3.8, 4) is 16.9 Å². The number of phenolic OH excluding ortho intramolecular Hbond substituents is 1. The van der Waals surface area contributed by atoms with E-state index in [1.807, 2.05) is 26.0 Å². The summed E-state index contributed by atoms with van der Waals surface area (Å²) in [5.74, 6) is 0.101. The molecule has 3 heteroatoms. The molecule has 2 aliphatic rings. The minimum atomic E-state index is -0.0565. The topological polar surface area (TPSA) is 54.4 Å². The first-order chi connectivity index (χ1) is 10.4. The van der Waals surface area contributed by atoms with Crippen LogP contribution < -0.4 is 0 Å². The first-order valence-corrected chi connectivity index (χ1v) is 7.45. The van der Waals surface area contributed by atoms with Gasteiger partial charge in [-0.2, -0.15) is 0 Å². The first-order valence-electron chi connectivity index (χ1n) is 7.45. The monoisotopic (exact) mass is 292 g/mol. The molecule has 0 radical (unpaired) electrons. The van der Waals surface area contributed by atoms with Crippen LogP contribution in [0.5, 0.6) is 5.75 Å². The Kier molecular flexibility index (Phi) is 2.45. The summed E-state index contributed by atoms with van der Waals surface area (Å²) in [6.07, 6.45) is 0.554. The van der Waals surface area contributed by atoms with Crippen molar-refractivity contribution in [1.82, 2.24) is 0 Å². The minimum Gasteiger partial charge on any atom is -0.507 e. The van der Waals surface area contributed by atoms with Gasteiger partial charge in [0.1, 0.15) is 5.75 Å². The molecule has 4 rings (SSSR count). The van der Waals surface area contributed by atoms with Crippen LogP contribution in [-0.4, -0.2) is 16.7 Å². The lowest BCUT2D eigenvalue weighted by molar-refractivity contribution is 0.0973.